The first-order valence-corrected chi connectivity index (χ1v) is 6.22. The number of hydrogen-bond acceptors (Lipinski definition) is 5. The molecule has 19 heavy (non-hydrogen) atoms. The molecule has 0 bridgehead atoms. The van der Waals surface area contributed by atoms with Crippen molar-refractivity contribution in [3.8, 4) is 0 Å². The highest BCUT2D eigenvalue weighted by Gasteiger charge is 2.39. The number of β-amino-alcohol motifs (C(OH)–C–C–N with tert-alkyl or cyclic N) is 1. The third-order valence-electron chi connectivity index (χ3n) is 3.19. The van der Waals surface area contributed by atoms with Crippen LogP contribution in [0.2, 0.25) is 0 Å². The monoisotopic (exact) mass is 274 g/mol. The number of aliphatic hydroxyl groups is 1. The van der Waals surface area contributed by atoms with Gasteiger partial charge in [0.25, 0.3) is 0 Å². The molecule has 0 aromatic heterocycles. The summed E-state index contributed by atoms with van der Waals surface area (Å²) in [6.07, 6.45) is -0.944. The predicted octanol–water partition coefficient (Wildman–Crippen LogP) is -1.37. The summed E-state index contributed by atoms with van der Waals surface area (Å²) in [7, 11) is 0. The van der Waals surface area contributed by atoms with Crippen LogP contribution in [0.1, 0.15) is 6.42 Å². The average molecular weight is 274 g/mol. The molecule has 2 rings (SSSR count). The van der Waals surface area contributed by atoms with E-state index in [4.69, 9.17) is 14.6 Å². The Morgan fingerprint density at radius 2 is 2.16 bits per heavy atom. The minimum absolute atomic E-state index is 0.0326. The Morgan fingerprint density at radius 1 is 1.37 bits per heavy atom. The minimum atomic E-state index is -1.11. The number of rotatable bonds is 3. The van der Waals surface area contributed by atoms with E-state index in [0.717, 1.165) is 4.90 Å². The van der Waals surface area contributed by atoms with Gasteiger partial charge < -0.3 is 29.9 Å². The average Bonchev–Trinajstić information content (AvgIpc) is 2.79. The summed E-state index contributed by atoms with van der Waals surface area (Å²) in [6.45, 7) is 1.73. The van der Waals surface area contributed by atoms with Crippen LogP contribution < -0.4 is 5.32 Å². The van der Waals surface area contributed by atoms with Crippen LogP contribution in [0.3, 0.4) is 0 Å². The van der Waals surface area contributed by atoms with Crippen molar-refractivity contribution in [2.45, 2.75) is 24.7 Å². The number of urea groups is 1. The van der Waals surface area contributed by atoms with Gasteiger partial charge >= 0.3 is 12.0 Å². The first-order chi connectivity index (χ1) is 9.08. The predicted molar refractivity (Wildman–Crippen MR) is 62.7 cm³/mol. The number of carbonyl (C=O) groups is 2. The lowest BCUT2D eigenvalue weighted by atomic mass is 10.2. The Balaban J connectivity index is 1.82. The van der Waals surface area contributed by atoms with Gasteiger partial charge in [0.05, 0.1) is 32.0 Å². The van der Waals surface area contributed by atoms with Gasteiger partial charge in [-0.05, 0) is 0 Å². The van der Waals surface area contributed by atoms with E-state index in [-0.39, 0.29) is 25.6 Å². The SMILES string of the molecule is O=C(O)[C@@H]1CC(O)CN1C(=O)NCC1COCCO1. The Bertz CT molecular complexity index is 344. The third kappa shape index (κ3) is 3.55. The molecular formula is C11H18N2O6. The first kappa shape index (κ1) is 14.0. The Labute approximate surface area is 110 Å². The maximum absolute atomic E-state index is 11.9. The van der Waals surface area contributed by atoms with E-state index in [9.17, 15) is 14.7 Å². The largest absolute Gasteiger partial charge is 0.480 e. The number of nitrogens with zero attached hydrogens (tertiary/aromatic N) is 1. The molecule has 2 aliphatic heterocycles. The van der Waals surface area contributed by atoms with Crippen molar-refractivity contribution in [3.63, 3.8) is 0 Å². The molecule has 3 N–H and O–H groups in total. The molecule has 0 saturated carbocycles. The lowest BCUT2D eigenvalue weighted by Gasteiger charge is -2.26. The molecule has 2 aliphatic rings. The van der Waals surface area contributed by atoms with Gasteiger partial charge in [-0.1, -0.05) is 0 Å². The number of aliphatic carboxylic acids is 1. The summed E-state index contributed by atoms with van der Waals surface area (Å²) in [5.41, 5.74) is 0. The van der Waals surface area contributed by atoms with Gasteiger partial charge in [0.2, 0.25) is 0 Å². The van der Waals surface area contributed by atoms with Gasteiger partial charge in [0.1, 0.15) is 6.04 Å². The smallest absolute Gasteiger partial charge is 0.326 e. The molecule has 2 unspecified atom stereocenters. The van der Waals surface area contributed by atoms with Crippen molar-refractivity contribution < 1.29 is 29.3 Å². The lowest BCUT2D eigenvalue weighted by molar-refractivity contribution is -0.141. The number of amides is 2. The molecule has 2 fully saturated rings. The van der Waals surface area contributed by atoms with Gasteiger partial charge in [0.15, 0.2) is 0 Å². The van der Waals surface area contributed by atoms with Crippen LogP contribution in [0.15, 0.2) is 0 Å². The zero-order chi connectivity index (χ0) is 13.8. The second-order valence-electron chi connectivity index (χ2n) is 4.65. The fourth-order valence-corrected chi connectivity index (χ4v) is 2.23. The maximum Gasteiger partial charge on any atom is 0.326 e. The number of carbonyl (C=O) groups excluding carboxylic acids is 1. The molecule has 8 heteroatoms. The zero-order valence-electron chi connectivity index (χ0n) is 10.4. The number of aliphatic hydroxyl groups excluding tert-OH is 1. The van der Waals surface area contributed by atoms with Crippen LogP contribution in [0.4, 0.5) is 4.79 Å². The summed E-state index contributed by atoms with van der Waals surface area (Å²) < 4.78 is 10.6. The van der Waals surface area contributed by atoms with Crippen molar-refractivity contribution >= 4 is 12.0 Å². The Kier molecular flexibility index (Phi) is 4.56. The van der Waals surface area contributed by atoms with Crippen molar-refractivity contribution in [2.24, 2.45) is 0 Å². The second-order valence-corrected chi connectivity index (χ2v) is 4.65. The van der Waals surface area contributed by atoms with Crippen molar-refractivity contribution in [1.29, 1.82) is 0 Å². The zero-order valence-corrected chi connectivity index (χ0v) is 10.4. The highest BCUT2D eigenvalue weighted by atomic mass is 16.6. The van der Waals surface area contributed by atoms with Gasteiger partial charge in [-0.2, -0.15) is 0 Å². The van der Waals surface area contributed by atoms with E-state index < -0.39 is 24.1 Å². The minimum Gasteiger partial charge on any atom is -0.480 e. The van der Waals surface area contributed by atoms with Crippen LogP contribution >= 0.6 is 0 Å². The lowest BCUT2D eigenvalue weighted by Crippen LogP contribution is -2.49. The van der Waals surface area contributed by atoms with E-state index in [0.29, 0.717) is 19.8 Å². The summed E-state index contributed by atoms with van der Waals surface area (Å²) in [4.78, 5) is 24.0. The molecule has 2 saturated heterocycles. The maximum atomic E-state index is 11.9. The number of carboxylic acid groups (broad SMARTS) is 1. The number of carboxylic acids is 1. The number of ether oxygens (including phenoxy) is 2. The molecule has 0 spiro atoms. The van der Waals surface area contributed by atoms with E-state index in [2.05, 4.69) is 5.32 Å². The van der Waals surface area contributed by atoms with E-state index in [1.807, 2.05) is 0 Å². The highest BCUT2D eigenvalue weighted by Crippen LogP contribution is 2.18. The van der Waals surface area contributed by atoms with Crippen molar-refractivity contribution in [2.75, 3.05) is 32.9 Å². The van der Waals surface area contributed by atoms with Crippen LogP contribution in [0.25, 0.3) is 0 Å². The molecule has 8 nitrogen and oxygen atoms in total. The Morgan fingerprint density at radius 3 is 2.79 bits per heavy atom. The van der Waals surface area contributed by atoms with Crippen LogP contribution in [-0.4, -0.2) is 78.3 Å². The summed E-state index contributed by atoms with van der Waals surface area (Å²) in [5.74, 6) is -1.11. The molecule has 0 aromatic carbocycles. The van der Waals surface area contributed by atoms with Crippen LogP contribution in [-0.2, 0) is 14.3 Å². The molecule has 0 aliphatic carbocycles. The molecular weight excluding hydrogens is 256 g/mol. The topological polar surface area (TPSA) is 108 Å². The summed E-state index contributed by atoms with van der Waals surface area (Å²) in [6, 6.07) is -1.48. The van der Waals surface area contributed by atoms with Gasteiger partial charge in [-0.25, -0.2) is 9.59 Å². The molecule has 0 aromatic rings. The molecule has 0 radical (unpaired) electrons. The third-order valence-corrected chi connectivity index (χ3v) is 3.19. The van der Waals surface area contributed by atoms with Gasteiger partial charge in [-0.3, -0.25) is 0 Å². The van der Waals surface area contributed by atoms with E-state index in [1.54, 1.807) is 0 Å². The van der Waals surface area contributed by atoms with Gasteiger partial charge in [-0.15, -0.1) is 0 Å². The number of nitrogens with one attached hydrogen (secondary N) is 1. The van der Waals surface area contributed by atoms with Crippen LogP contribution in [0, 0.1) is 0 Å². The van der Waals surface area contributed by atoms with E-state index >= 15 is 0 Å². The van der Waals surface area contributed by atoms with Crippen molar-refractivity contribution in [1.82, 2.24) is 10.2 Å². The quantitative estimate of drug-likeness (QED) is 0.586. The Hall–Kier alpha value is -1.38. The number of hydrogen-bond donors (Lipinski definition) is 3. The molecule has 2 heterocycles. The standard InChI is InChI=1S/C11H18N2O6/c14-7-3-9(10(15)16)13(5-7)11(17)12-4-8-6-18-1-2-19-8/h7-9,14H,1-6H2,(H,12,17)(H,15,16)/t7?,8?,9-/m0/s1. The first-order valence-electron chi connectivity index (χ1n) is 6.22. The van der Waals surface area contributed by atoms with Gasteiger partial charge in [0, 0.05) is 19.5 Å². The normalized spacial score (nSPS) is 31.2. The fraction of sp³-hybridized carbons (Fsp3) is 0.818. The summed E-state index contributed by atoms with van der Waals surface area (Å²) in [5, 5.41) is 21.1. The molecule has 2 amide bonds. The highest BCUT2D eigenvalue weighted by molar-refractivity contribution is 5.83. The fourth-order valence-electron chi connectivity index (χ4n) is 2.23. The second kappa shape index (κ2) is 6.18. The van der Waals surface area contributed by atoms with E-state index in [1.165, 1.54) is 0 Å². The summed E-state index contributed by atoms with van der Waals surface area (Å²) >= 11 is 0. The van der Waals surface area contributed by atoms with Crippen LogP contribution in [0.5, 0.6) is 0 Å². The number of likely N-dealkylation sites (tertiary alicyclic amines) is 1. The molecule has 108 valence electrons. The van der Waals surface area contributed by atoms with Crippen molar-refractivity contribution in [3.05, 3.63) is 0 Å². The molecule has 3 atom stereocenters.